The van der Waals surface area contributed by atoms with Crippen LogP contribution in [-0.2, 0) is 9.59 Å². The van der Waals surface area contributed by atoms with Crippen LogP contribution in [0.15, 0.2) is 0 Å². The van der Waals surface area contributed by atoms with E-state index < -0.39 is 0 Å². The highest BCUT2D eigenvalue weighted by Crippen LogP contribution is 2.20. The number of hydrogen-bond acceptors (Lipinski definition) is 2. The summed E-state index contributed by atoms with van der Waals surface area (Å²) < 4.78 is 0. The van der Waals surface area contributed by atoms with E-state index in [9.17, 15) is 9.59 Å². The van der Waals surface area contributed by atoms with Crippen LogP contribution in [0.2, 0.25) is 0 Å². The van der Waals surface area contributed by atoms with Crippen molar-refractivity contribution < 1.29 is 9.59 Å². The molecule has 0 saturated carbocycles. The number of carbonyl (C=O) groups is 2. The third kappa shape index (κ3) is 1.68. The zero-order valence-electron chi connectivity index (χ0n) is 7.21. The average molecular weight is 234 g/mol. The molecule has 2 unspecified atom stereocenters. The van der Waals surface area contributed by atoms with Gasteiger partial charge in [0, 0.05) is 12.5 Å². The van der Waals surface area contributed by atoms with Crippen molar-refractivity contribution in [3.63, 3.8) is 0 Å². The molecular formula is C8H12BrNO2. The van der Waals surface area contributed by atoms with Crippen molar-refractivity contribution in [3.8, 4) is 0 Å². The third-order valence-electron chi connectivity index (χ3n) is 2.06. The van der Waals surface area contributed by atoms with E-state index in [1.807, 2.05) is 6.92 Å². The molecule has 0 aromatic heterocycles. The molecule has 1 saturated heterocycles. The summed E-state index contributed by atoms with van der Waals surface area (Å²) in [5.41, 5.74) is 0. The fraction of sp³-hybridized carbons (Fsp3) is 0.750. The van der Waals surface area contributed by atoms with Gasteiger partial charge in [-0.3, -0.25) is 14.5 Å². The first-order valence-electron chi connectivity index (χ1n) is 4.04. The molecule has 0 aromatic rings. The Morgan fingerprint density at radius 1 is 1.75 bits per heavy atom. The molecule has 1 aliphatic heterocycles. The fourth-order valence-corrected chi connectivity index (χ4v) is 1.58. The second kappa shape index (κ2) is 3.56. The Labute approximate surface area is 80.2 Å². The van der Waals surface area contributed by atoms with Gasteiger partial charge < -0.3 is 0 Å². The smallest absolute Gasteiger partial charge is 0.242 e. The predicted molar refractivity (Wildman–Crippen MR) is 48.9 cm³/mol. The third-order valence-corrected chi connectivity index (χ3v) is 2.45. The fourth-order valence-electron chi connectivity index (χ4n) is 1.36. The van der Waals surface area contributed by atoms with Crippen molar-refractivity contribution in [1.29, 1.82) is 0 Å². The quantitative estimate of drug-likeness (QED) is 0.641. The monoisotopic (exact) mass is 233 g/mol. The summed E-state index contributed by atoms with van der Waals surface area (Å²) in [4.78, 5) is 23.7. The van der Waals surface area contributed by atoms with Gasteiger partial charge in [0.05, 0.1) is 4.83 Å². The minimum atomic E-state index is -0.262. The lowest BCUT2D eigenvalue weighted by Crippen LogP contribution is -2.40. The maximum Gasteiger partial charge on any atom is 0.242 e. The first kappa shape index (κ1) is 9.71. The maximum absolute atomic E-state index is 11.4. The van der Waals surface area contributed by atoms with E-state index in [0.717, 1.165) is 6.42 Å². The zero-order chi connectivity index (χ0) is 9.30. The van der Waals surface area contributed by atoms with Crippen LogP contribution in [0, 0.1) is 0 Å². The molecule has 0 bridgehead atoms. The highest BCUT2D eigenvalue weighted by atomic mass is 79.9. The maximum atomic E-state index is 11.4. The molecule has 3 nitrogen and oxygen atoms in total. The van der Waals surface area contributed by atoms with Crippen LogP contribution >= 0.6 is 15.9 Å². The van der Waals surface area contributed by atoms with Gasteiger partial charge in [-0.15, -0.1) is 0 Å². The number of amides is 2. The van der Waals surface area contributed by atoms with Crippen LogP contribution in [0.5, 0.6) is 0 Å². The number of nitrogens with zero attached hydrogens (tertiary/aromatic N) is 1. The normalized spacial score (nSPS) is 26.1. The van der Waals surface area contributed by atoms with Crippen LogP contribution in [0.1, 0.15) is 26.7 Å². The van der Waals surface area contributed by atoms with Gasteiger partial charge in [-0.2, -0.15) is 0 Å². The molecule has 0 N–H and O–H groups in total. The Hall–Kier alpha value is -0.380. The Morgan fingerprint density at radius 3 is 2.67 bits per heavy atom. The molecule has 12 heavy (non-hydrogen) atoms. The summed E-state index contributed by atoms with van der Waals surface area (Å²) in [5, 5.41) is 0. The largest absolute Gasteiger partial charge is 0.279 e. The molecule has 1 rings (SSSR count). The standard InChI is InChI=1S/C8H12BrNO2/c1-5-3-4-7(11)10(5)8(12)6(2)9/h5-6H,3-4H2,1-2H3. The number of imide groups is 1. The van der Waals surface area contributed by atoms with Gasteiger partial charge in [0.1, 0.15) is 0 Å². The van der Waals surface area contributed by atoms with E-state index in [1.165, 1.54) is 4.90 Å². The van der Waals surface area contributed by atoms with Gasteiger partial charge in [0.15, 0.2) is 0 Å². The summed E-state index contributed by atoms with van der Waals surface area (Å²) in [5.74, 6) is -0.163. The number of carbonyl (C=O) groups excluding carboxylic acids is 2. The molecule has 0 spiro atoms. The summed E-state index contributed by atoms with van der Waals surface area (Å²) >= 11 is 3.16. The molecule has 0 aromatic carbocycles. The Morgan fingerprint density at radius 2 is 2.33 bits per heavy atom. The molecule has 0 radical (unpaired) electrons. The van der Waals surface area contributed by atoms with Gasteiger partial charge in [-0.05, 0) is 20.3 Å². The van der Waals surface area contributed by atoms with E-state index in [1.54, 1.807) is 6.92 Å². The average Bonchev–Trinajstić information content (AvgIpc) is 2.30. The molecule has 4 heteroatoms. The van der Waals surface area contributed by atoms with Crippen molar-refractivity contribution in [3.05, 3.63) is 0 Å². The molecule has 2 atom stereocenters. The Balaban J connectivity index is 2.73. The number of likely N-dealkylation sites (tertiary alicyclic amines) is 1. The summed E-state index contributed by atoms with van der Waals surface area (Å²) in [6.07, 6.45) is 1.30. The van der Waals surface area contributed by atoms with Gasteiger partial charge in [0.25, 0.3) is 0 Å². The molecule has 1 heterocycles. The molecule has 2 amide bonds. The van der Waals surface area contributed by atoms with Crippen molar-refractivity contribution in [2.75, 3.05) is 0 Å². The van der Waals surface area contributed by atoms with Crippen molar-refractivity contribution in [2.45, 2.75) is 37.6 Å². The van der Waals surface area contributed by atoms with Gasteiger partial charge in [-0.25, -0.2) is 0 Å². The second-order valence-corrected chi connectivity index (χ2v) is 4.48. The Kier molecular flexibility index (Phi) is 2.88. The predicted octanol–water partition coefficient (Wildman–Crippen LogP) is 1.31. The summed E-state index contributed by atoms with van der Waals surface area (Å²) in [6, 6.07) is 0.0741. The lowest BCUT2D eigenvalue weighted by molar-refractivity contribution is -0.142. The van der Waals surface area contributed by atoms with E-state index in [2.05, 4.69) is 15.9 Å². The lowest BCUT2D eigenvalue weighted by atomic mass is 10.2. The number of rotatable bonds is 1. The minimum absolute atomic E-state index is 0.0428. The minimum Gasteiger partial charge on any atom is -0.279 e. The molecule has 0 aliphatic carbocycles. The van der Waals surface area contributed by atoms with Crippen LogP contribution < -0.4 is 0 Å². The van der Waals surface area contributed by atoms with Crippen LogP contribution in [0.4, 0.5) is 0 Å². The molecule has 1 aliphatic rings. The molecule has 1 fully saturated rings. The first-order chi connectivity index (χ1) is 5.54. The van der Waals surface area contributed by atoms with E-state index in [0.29, 0.717) is 6.42 Å². The van der Waals surface area contributed by atoms with E-state index in [-0.39, 0.29) is 22.7 Å². The summed E-state index contributed by atoms with van der Waals surface area (Å²) in [7, 11) is 0. The first-order valence-corrected chi connectivity index (χ1v) is 4.95. The van der Waals surface area contributed by atoms with Crippen molar-refractivity contribution >= 4 is 27.7 Å². The highest BCUT2D eigenvalue weighted by Gasteiger charge is 2.34. The van der Waals surface area contributed by atoms with Crippen LogP contribution in [0.3, 0.4) is 0 Å². The second-order valence-electron chi connectivity index (χ2n) is 3.11. The zero-order valence-corrected chi connectivity index (χ0v) is 8.80. The van der Waals surface area contributed by atoms with Gasteiger partial charge in [-0.1, -0.05) is 15.9 Å². The topological polar surface area (TPSA) is 37.4 Å². The van der Waals surface area contributed by atoms with E-state index >= 15 is 0 Å². The van der Waals surface area contributed by atoms with Gasteiger partial charge in [0.2, 0.25) is 11.8 Å². The molecular weight excluding hydrogens is 222 g/mol. The van der Waals surface area contributed by atoms with Crippen molar-refractivity contribution in [2.24, 2.45) is 0 Å². The van der Waals surface area contributed by atoms with Crippen LogP contribution in [-0.4, -0.2) is 27.6 Å². The lowest BCUT2D eigenvalue weighted by Gasteiger charge is -2.20. The van der Waals surface area contributed by atoms with Gasteiger partial charge >= 0.3 is 0 Å². The van der Waals surface area contributed by atoms with E-state index in [4.69, 9.17) is 0 Å². The number of alkyl halides is 1. The highest BCUT2D eigenvalue weighted by molar-refractivity contribution is 9.10. The number of hydrogen-bond donors (Lipinski definition) is 0. The summed E-state index contributed by atoms with van der Waals surface area (Å²) in [6.45, 7) is 3.64. The number of halogens is 1. The Bertz CT molecular complexity index is 215. The SMILES string of the molecule is CC(Br)C(=O)N1C(=O)CCC1C. The van der Waals surface area contributed by atoms with Crippen LogP contribution in [0.25, 0.3) is 0 Å². The van der Waals surface area contributed by atoms with Crippen molar-refractivity contribution in [1.82, 2.24) is 4.90 Å². The molecule has 68 valence electrons.